The maximum atomic E-state index is 13.9. The van der Waals surface area contributed by atoms with E-state index in [-0.39, 0.29) is 17.9 Å². The van der Waals surface area contributed by atoms with Crippen molar-refractivity contribution in [3.8, 4) is 0 Å². The number of amides is 1. The van der Waals surface area contributed by atoms with Crippen molar-refractivity contribution in [1.29, 1.82) is 0 Å². The minimum atomic E-state index is -0.769. The fourth-order valence-electron chi connectivity index (χ4n) is 5.00. The Morgan fingerprint density at radius 3 is 2.77 bits per heavy atom. The number of rotatable bonds is 3. The fraction of sp³-hybridized carbons (Fsp3) is 0.375. The van der Waals surface area contributed by atoms with Crippen molar-refractivity contribution < 1.29 is 19.1 Å². The number of nitrogens with zero attached hydrogens (tertiary/aromatic N) is 3. The second-order valence-corrected chi connectivity index (χ2v) is 8.13. The van der Waals surface area contributed by atoms with Crippen LogP contribution in [0.1, 0.15) is 29.8 Å². The summed E-state index contributed by atoms with van der Waals surface area (Å²) < 4.78 is 10.9. The average molecular weight is 419 g/mol. The number of hydrogen-bond donors (Lipinski definition) is 0. The summed E-state index contributed by atoms with van der Waals surface area (Å²) in [6.45, 7) is 5.90. The number of hydrogen-bond acceptors (Lipinski definition) is 6. The standard InChI is InChI=1S/C24H25N3O4/c1-3-31-22(28)17-8-10-19(11-9-17)27-23(29)24(16(2)25-27)14-18-6-4-5-7-20(18)26-12-13-30-15-21(24)26/h4-11,21H,3,12-15H2,1-2H3/t21-,24+/m1/s1. The number of benzene rings is 2. The molecule has 3 aliphatic rings. The highest BCUT2D eigenvalue weighted by atomic mass is 16.5. The normalized spacial score (nSPS) is 24.6. The maximum Gasteiger partial charge on any atom is 0.338 e. The van der Waals surface area contributed by atoms with E-state index in [9.17, 15) is 9.59 Å². The molecule has 3 heterocycles. The second kappa shape index (κ2) is 7.50. The van der Waals surface area contributed by atoms with Crippen molar-refractivity contribution >= 4 is 29.0 Å². The molecular weight excluding hydrogens is 394 g/mol. The molecular formula is C24H25N3O4. The van der Waals surface area contributed by atoms with Gasteiger partial charge in [0.1, 0.15) is 5.41 Å². The molecule has 160 valence electrons. The smallest absolute Gasteiger partial charge is 0.338 e. The van der Waals surface area contributed by atoms with Gasteiger partial charge in [0.05, 0.1) is 42.8 Å². The monoisotopic (exact) mass is 419 g/mol. The van der Waals surface area contributed by atoms with Gasteiger partial charge in [0.25, 0.3) is 5.91 Å². The van der Waals surface area contributed by atoms with Crippen LogP contribution >= 0.6 is 0 Å². The van der Waals surface area contributed by atoms with Gasteiger partial charge in [-0.25, -0.2) is 4.79 Å². The molecule has 2 atom stereocenters. The molecule has 0 bridgehead atoms. The highest BCUT2D eigenvalue weighted by molar-refractivity contribution is 6.20. The van der Waals surface area contributed by atoms with E-state index in [0.717, 1.165) is 17.8 Å². The lowest BCUT2D eigenvalue weighted by Gasteiger charge is -2.50. The predicted octanol–water partition coefficient (Wildman–Crippen LogP) is 3.03. The van der Waals surface area contributed by atoms with Gasteiger partial charge in [-0.05, 0) is 56.2 Å². The van der Waals surface area contributed by atoms with Crippen LogP contribution in [-0.2, 0) is 20.7 Å². The number of carbonyl (C=O) groups is 2. The van der Waals surface area contributed by atoms with Crippen molar-refractivity contribution in [3.63, 3.8) is 0 Å². The summed E-state index contributed by atoms with van der Waals surface area (Å²) in [4.78, 5) is 28.2. The summed E-state index contributed by atoms with van der Waals surface area (Å²) in [7, 11) is 0. The zero-order chi connectivity index (χ0) is 21.6. The van der Waals surface area contributed by atoms with Gasteiger partial charge in [-0.3, -0.25) is 4.79 Å². The molecule has 0 radical (unpaired) electrons. The van der Waals surface area contributed by atoms with Crippen molar-refractivity contribution in [1.82, 2.24) is 0 Å². The van der Waals surface area contributed by atoms with Gasteiger partial charge in [0.2, 0.25) is 0 Å². The van der Waals surface area contributed by atoms with Crippen molar-refractivity contribution in [2.45, 2.75) is 26.3 Å². The average Bonchev–Trinajstić information content (AvgIpc) is 3.05. The number of carbonyl (C=O) groups excluding carboxylic acids is 2. The van der Waals surface area contributed by atoms with Gasteiger partial charge in [0, 0.05) is 12.2 Å². The number of anilines is 2. The summed E-state index contributed by atoms with van der Waals surface area (Å²) in [6, 6.07) is 15.0. The first-order chi connectivity index (χ1) is 15.1. The number of morpholine rings is 1. The van der Waals surface area contributed by atoms with Gasteiger partial charge in [-0.15, -0.1) is 0 Å². The Labute approximate surface area is 181 Å². The molecule has 5 rings (SSSR count). The Bertz CT molecular complexity index is 1060. The van der Waals surface area contributed by atoms with Crippen LogP contribution in [-0.4, -0.2) is 50.0 Å². The first kappa shape index (κ1) is 19.8. The van der Waals surface area contributed by atoms with Crippen molar-refractivity contribution in [2.24, 2.45) is 10.5 Å². The summed E-state index contributed by atoms with van der Waals surface area (Å²) in [6.07, 6.45) is 0.597. The van der Waals surface area contributed by atoms with Gasteiger partial charge >= 0.3 is 5.97 Å². The second-order valence-electron chi connectivity index (χ2n) is 8.13. The number of para-hydroxylation sites is 1. The van der Waals surface area contributed by atoms with Crippen LogP contribution in [0.5, 0.6) is 0 Å². The third kappa shape index (κ3) is 2.95. The number of ether oxygens (including phenoxy) is 2. The quantitative estimate of drug-likeness (QED) is 0.715. The lowest BCUT2D eigenvalue weighted by Crippen LogP contribution is -2.64. The number of hydrazone groups is 1. The van der Waals surface area contributed by atoms with Crippen LogP contribution in [0.3, 0.4) is 0 Å². The highest BCUT2D eigenvalue weighted by Gasteiger charge is 2.59. The van der Waals surface area contributed by atoms with E-state index in [0.29, 0.717) is 37.5 Å². The third-order valence-electron chi connectivity index (χ3n) is 6.56. The maximum absolute atomic E-state index is 13.9. The molecule has 1 spiro atoms. The molecule has 0 aliphatic carbocycles. The van der Waals surface area contributed by atoms with Crippen LogP contribution in [0.2, 0.25) is 0 Å². The molecule has 0 unspecified atom stereocenters. The molecule has 31 heavy (non-hydrogen) atoms. The summed E-state index contributed by atoms with van der Waals surface area (Å²) in [5, 5.41) is 6.17. The Morgan fingerprint density at radius 1 is 1.23 bits per heavy atom. The zero-order valence-corrected chi connectivity index (χ0v) is 17.7. The molecule has 7 nitrogen and oxygen atoms in total. The van der Waals surface area contributed by atoms with E-state index in [1.54, 1.807) is 31.2 Å². The molecule has 1 fully saturated rings. The molecule has 2 aromatic rings. The molecule has 3 aliphatic heterocycles. The lowest BCUT2D eigenvalue weighted by molar-refractivity contribution is -0.126. The highest BCUT2D eigenvalue weighted by Crippen LogP contribution is 2.47. The molecule has 0 aromatic heterocycles. The first-order valence-corrected chi connectivity index (χ1v) is 10.7. The largest absolute Gasteiger partial charge is 0.462 e. The summed E-state index contributed by atoms with van der Waals surface area (Å²) in [5.74, 6) is -0.430. The van der Waals surface area contributed by atoms with Gasteiger partial charge < -0.3 is 14.4 Å². The minimum absolute atomic E-state index is 0.0520. The molecule has 1 amide bonds. The van der Waals surface area contributed by atoms with E-state index in [4.69, 9.17) is 14.6 Å². The van der Waals surface area contributed by atoms with E-state index in [1.165, 1.54) is 10.7 Å². The van der Waals surface area contributed by atoms with E-state index in [2.05, 4.69) is 17.0 Å². The van der Waals surface area contributed by atoms with E-state index < -0.39 is 5.41 Å². The lowest BCUT2D eigenvalue weighted by atomic mass is 9.68. The van der Waals surface area contributed by atoms with Crippen LogP contribution in [0.25, 0.3) is 0 Å². The first-order valence-electron chi connectivity index (χ1n) is 10.7. The predicted molar refractivity (Wildman–Crippen MR) is 118 cm³/mol. The van der Waals surface area contributed by atoms with Gasteiger partial charge in [-0.1, -0.05) is 18.2 Å². The number of fused-ring (bicyclic) bond motifs is 4. The van der Waals surface area contributed by atoms with Crippen molar-refractivity contribution in [2.75, 3.05) is 36.3 Å². The Balaban J connectivity index is 1.51. The summed E-state index contributed by atoms with van der Waals surface area (Å²) >= 11 is 0. The Kier molecular flexibility index (Phi) is 4.78. The molecule has 2 aromatic carbocycles. The van der Waals surface area contributed by atoms with E-state index >= 15 is 0 Å². The SMILES string of the molecule is CCOC(=O)c1ccc(N2N=C(C)[C@]3(Cc4ccccc4N4CCOC[C@@H]43)C2=O)cc1. The van der Waals surface area contributed by atoms with Gasteiger partial charge in [-0.2, -0.15) is 10.1 Å². The zero-order valence-electron chi connectivity index (χ0n) is 17.7. The van der Waals surface area contributed by atoms with Crippen LogP contribution < -0.4 is 9.91 Å². The Morgan fingerprint density at radius 2 is 2.00 bits per heavy atom. The van der Waals surface area contributed by atoms with Crippen LogP contribution in [0.4, 0.5) is 11.4 Å². The fourth-order valence-corrected chi connectivity index (χ4v) is 5.00. The minimum Gasteiger partial charge on any atom is -0.462 e. The molecule has 1 saturated heterocycles. The number of esters is 1. The topological polar surface area (TPSA) is 71.4 Å². The molecule has 0 N–H and O–H groups in total. The van der Waals surface area contributed by atoms with Gasteiger partial charge in [0.15, 0.2) is 0 Å². The molecule has 0 saturated carbocycles. The van der Waals surface area contributed by atoms with Crippen LogP contribution in [0.15, 0.2) is 53.6 Å². The Hall–Kier alpha value is -3.19. The van der Waals surface area contributed by atoms with E-state index in [1.807, 2.05) is 19.1 Å². The molecule has 7 heteroatoms. The van der Waals surface area contributed by atoms with Crippen molar-refractivity contribution in [3.05, 3.63) is 59.7 Å². The third-order valence-corrected chi connectivity index (χ3v) is 6.56. The van der Waals surface area contributed by atoms with Crippen LogP contribution in [0, 0.1) is 5.41 Å². The summed E-state index contributed by atoms with van der Waals surface area (Å²) in [5.41, 5.74) is 3.45.